The van der Waals surface area contributed by atoms with E-state index in [9.17, 15) is 9.59 Å². The third-order valence-corrected chi connectivity index (χ3v) is 5.26. The molecule has 1 amide bonds. The monoisotopic (exact) mass is 474 g/mol. The number of hydrogen-bond acceptors (Lipinski definition) is 6. The van der Waals surface area contributed by atoms with E-state index in [4.69, 9.17) is 9.47 Å². The van der Waals surface area contributed by atoms with E-state index < -0.39 is 18.0 Å². The fourth-order valence-electron chi connectivity index (χ4n) is 2.38. The molecule has 0 radical (unpaired) electrons. The Morgan fingerprint density at radius 3 is 2.45 bits per heavy atom. The van der Waals surface area contributed by atoms with Crippen LogP contribution >= 0.6 is 27.3 Å². The summed E-state index contributed by atoms with van der Waals surface area (Å²) in [4.78, 5) is 28.8. The number of aromatic nitrogens is 1. The average molecular weight is 475 g/mol. The van der Waals surface area contributed by atoms with Gasteiger partial charge in [-0.25, -0.2) is 9.78 Å². The highest BCUT2D eigenvalue weighted by molar-refractivity contribution is 9.10. The predicted molar refractivity (Wildman–Crippen MR) is 115 cm³/mol. The lowest BCUT2D eigenvalue weighted by Crippen LogP contribution is -2.29. The van der Waals surface area contributed by atoms with Crippen LogP contribution in [0.4, 0.5) is 5.69 Å². The standard InChI is InChI=1S/C21H19BrN2O4S/c1-13(20(25)24-17-7-5-16(22)6-8-17)28-21(26)15-3-9-19(10-4-15)27-11-18-12-29-14(2)23-18/h3-10,12-13H,11H2,1-2H3,(H,24,25). The van der Waals surface area contributed by atoms with Crippen molar-refractivity contribution >= 4 is 44.8 Å². The molecule has 150 valence electrons. The Hall–Kier alpha value is -2.71. The Labute approximate surface area is 181 Å². The smallest absolute Gasteiger partial charge is 0.338 e. The van der Waals surface area contributed by atoms with E-state index in [-0.39, 0.29) is 0 Å². The van der Waals surface area contributed by atoms with Gasteiger partial charge in [-0.2, -0.15) is 0 Å². The SMILES string of the molecule is Cc1nc(COc2ccc(C(=O)OC(C)C(=O)Nc3ccc(Br)cc3)cc2)cs1. The van der Waals surface area contributed by atoms with E-state index >= 15 is 0 Å². The van der Waals surface area contributed by atoms with Gasteiger partial charge in [0.25, 0.3) is 5.91 Å². The number of aryl methyl sites for hydroxylation is 1. The molecule has 0 saturated carbocycles. The summed E-state index contributed by atoms with van der Waals surface area (Å²) in [5.74, 6) is -0.363. The van der Waals surface area contributed by atoms with Crippen molar-refractivity contribution in [3.05, 3.63) is 74.6 Å². The summed E-state index contributed by atoms with van der Waals surface area (Å²) < 4.78 is 11.8. The zero-order valence-corrected chi connectivity index (χ0v) is 18.2. The molecule has 3 aromatic rings. The van der Waals surface area contributed by atoms with Crippen molar-refractivity contribution in [2.75, 3.05) is 5.32 Å². The van der Waals surface area contributed by atoms with Crippen LogP contribution in [0.3, 0.4) is 0 Å². The lowest BCUT2D eigenvalue weighted by molar-refractivity contribution is -0.123. The number of anilines is 1. The molecule has 1 unspecified atom stereocenters. The van der Waals surface area contributed by atoms with Gasteiger partial charge in [0.15, 0.2) is 6.10 Å². The molecule has 1 N–H and O–H groups in total. The molecule has 2 aromatic carbocycles. The van der Waals surface area contributed by atoms with Crippen molar-refractivity contribution in [2.24, 2.45) is 0 Å². The maximum Gasteiger partial charge on any atom is 0.338 e. The Morgan fingerprint density at radius 2 is 1.83 bits per heavy atom. The molecule has 1 heterocycles. The number of carbonyl (C=O) groups excluding carboxylic acids is 2. The lowest BCUT2D eigenvalue weighted by Gasteiger charge is -2.14. The number of carbonyl (C=O) groups is 2. The number of ether oxygens (including phenoxy) is 2. The summed E-state index contributed by atoms with van der Waals surface area (Å²) in [6.07, 6.45) is -0.935. The van der Waals surface area contributed by atoms with Gasteiger partial charge in [-0.1, -0.05) is 15.9 Å². The third-order valence-electron chi connectivity index (χ3n) is 3.91. The van der Waals surface area contributed by atoms with E-state index in [1.165, 1.54) is 6.92 Å². The van der Waals surface area contributed by atoms with Crippen LogP contribution in [0.15, 0.2) is 58.4 Å². The third kappa shape index (κ3) is 6.13. The highest BCUT2D eigenvalue weighted by atomic mass is 79.9. The average Bonchev–Trinajstić information content (AvgIpc) is 3.13. The van der Waals surface area contributed by atoms with Gasteiger partial charge in [-0.15, -0.1) is 11.3 Å². The molecule has 0 saturated heterocycles. The summed E-state index contributed by atoms with van der Waals surface area (Å²) in [6.45, 7) is 3.83. The minimum atomic E-state index is -0.935. The molecular formula is C21H19BrN2O4S. The number of thiazole rings is 1. The number of nitrogens with zero attached hydrogens (tertiary/aromatic N) is 1. The number of benzene rings is 2. The number of amides is 1. The zero-order valence-electron chi connectivity index (χ0n) is 15.8. The van der Waals surface area contributed by atoms with E-state index in [1.807, 2.05) is 24.4 Å². The maximum absolute atomic E-state index is 12.3. The van der Waals surface area contributed by atoms with Gasteiger partial charge in [0.2, 0.25) is 0 Å². The normalized spacial score (nSPS) is 11.6. The van der Waals surface area contributed by atoms with Crippen molar-refractivity contribution in [3.8, 4) is 5.75 Å². The van der Waals surface area contributed by atoms with Crippen LogP contribution in [0.5, 0.6) is 5.75 Å². The van der Waals surface area contributed by atoms with E-state index in [0.717, 1.165) is 15.2 Å². The molecular weight excluding hydrogens is 456 g/mol. The molecule has 3 rings (SSSR count). The van der Waals surface area contributed by atoms with E-state index in [2.05, 4.69) is 26.2 Å². The summed E-state index contributed by atoms with van der Waals surface area (Å²) in [5.41, 5.74) is 1.82. The molecule has 1 aromatic heterocycles. The van der Waals surface area contributed by atoms with Gasteiger partial charge >= 0.3 is 5.97 Å². The Balaban J connectivity index is 1.51. The summed E-state index contributed by atoms with van der Waals surface area (Å²) in [7, 11) is 0. The predicted octanol–water partition coefficient (Wildman–Crippen LogP) is 4.98. The first-order chi connectivity index (χ1) is 13.9. The fraction of sp³-hybridized carbons (Fsp3) is 0.190. The topological polar surface area (TPSA) is 77.5 Å². The van der Waals surface area contributed by atoms with Gasteiger partial charge in [-0.05, 0) is 62.4 Å². The molecule has 8 heteroatoms. The molecule has 0 bridgehead atoms. The molecule has 29 heavy (non-hydrogen) atoms. The Morgan fingerprint density at radius 1 is 1.14 bits per heavy atom. The van der Waals surface area contributed by atoms with Crippen LogP contribution < -0.4 is 10.1 Å². The van der Waals surface area contributed by atoms with Crippen molar-refractivity contribution in [1.29, 1.82) is 0 Å². The van der Waals surface area contributed by atoms with Crippen molar-refractivity contribution in [2.45, 2.75) is 26.6 Å². The van der Waals surface area contributed by atoms with E-state index in [1.54, 1.807) is 47.7 Å². The number of nitrogens with one attached hydrogen (secondary N) is 1. The first-order valence-electron chi connectivity index (χ1n) is 8.82. The second-order valence-corrected chi connectivity index (χ2v) is 8.19. The highest BCUT2D eigenvalue weighted by Gasteiger charge is 2.19. The second kappa shape index (κ2) is 9.67. The first kappa shape index (κ1) is 21.0. The highest BCUT2D eigenvalue weighted by Crippen LogP contribution is 2.17. The molecule has 1 atom stereocenters. The van der Waals surface area contributed by atoms with E-state index in [0.29, 0.717) is 23.6 Å². The largest absolute Gasteiger partial charge is 0.487 e. The van der Waals surface area contributed by atoms with Crippen LogP contribution in [-0.2, 0) is 16.1 Å². The molecule has 0 aliphatic carbocycles. The summed E-state index contributed by atoms with van der Waals surface area (Å²) in [5, 5.41) is 5.64. The number of esters is 1. The second-order valence-electron chi connectivity index (χ2n) is 6.21. The van der Waals surface area contributed by atoms with Crippen LogP contribution in [-0.4, -0.2) is 23.0 Å². The van der Waals surface area contributed by atoms with Gasteiger partial charge in [0.05, 0.1) is 16.3 Å². The minimum Gasteiger partial charge on any atom is -0.487 e. The summed E-state index contributed by atoms with van der Waals surface area (Å²) in [6, 6.07) is 13.7. The van der Waals surface area contributed by atoms with Gasteiger partial charge in [0, 0.05) is 15.5 Å². The molecule has 0 aliphatic rings. The summed E-state index contributed by atoms with van der Waals surface area (Å²) >= 11 is 4.90. The molecule has 6 nitrogen and oxygen atoms in total. The molecule has 0 fully saturated rings. The van der Waals surface area contributed by atoms with Crippen LogP contribution in [0.25, 0.3) is 0 Å². The quantitative estimate of drug-likeness (QED) is 0.488. The van der Waals surface area contributed by atoms with Gasteiger partial charge < -0.3 is 14.8 Å². The molecule has 0 spiro atoms. The number of halogens is 1. The van der Waals surface area contributed by atoms with Crippen LogP contribution in [0, 0.1) is 6.92 Å². The van der Waals surface area contributed by atoms with Crippen molar-refractivity contribution < 1.29 is 19.1 Å². The van der Waals surface area contributed by atoms with Gasteiger partial charge in [-0.3, -0.25) is 4.79 Å². The number of hydrogen-bond donors (Lipinski definition) is 1. The maximum atomic E-state index is 12.3. The molecule has 0 aliphatic heterocycles. The van der Waals surface area contributed by atoms with Gasteiger partial charge in [0.1, 0.15) is 12.4 Å². The fourth-order valence-corrected chi connectivity index (χ4v) is 3.24. The van der Waals surface area contributed by atoms with Crippen LogP contribution in [0.2, 0.25) is 0 Å². The Bertz CT molecular complexity index is 987. The first-order valence-corrected chi connectivity index (χ1v) is 10.5. The zero-order chi connectivity index (χ0) is 20.8. The van der Waals surface area contributed by atoms with Crippen molar-refractivity contribution in [1.82, 2.24) is 4.98 Å². The number of rotatable bonds is 7. The Kier molecular flexibility index (Phi) is 7.00. The van der Waals surface area contributed by atoms with Crippen molar-refractivity contribution in [3.63, 3.8) is 0 Å². The minimum absolute atomic E-state index is 0.338. The lowest BCUT2D eigenvalue weighted by atomic mass is 10.2. The van der Waals surface area contributed by atoms with Crippen LogP contribution in [0.1, 0.15) is 28.0 Å².